The minimum Gasteiger partial charge on any atom is -0.260 e. The summed E-state index contributed by atoms with van der Waals surface area (Å²) >= 11 is 7.66. The molecule has 1 N–H and O–H groups in total. The Kier molecular flexibility index (Phi) is 5.53. The maximum atomic E-state index is 12.7. The molecule has 0 aliphatic rings. The van der Waals surface area contributed by atoms with Gasteiger partial charge in [0.15, 0.2) is 0 Å². The van der Waals surface area contributed by atoms with Crippen LogP contribution in [0.15, 0.2) is 46.7 Å². The Hall–Kier alpha value is -1.67. The molecule has 5 nitrogen and oxygen atoms in total. The number of sulfonamides is 1. The molecule has 0 saturated carbocycles. The molecule has 2 aromatic heterocycles. The second kappa shape index (κ2) is 7.52. The molecule has 26 heavy (non-hydrogen) atoms. The third-order valence-electron chi connectivity index (χ3n) is 4.13. The Morgan fingerprint density at radius 3 is 2.58 bits per heavy atom. The highest BCUT2D eigenvalue weighted by Crippen LogP contribution is 2.25. The van der Waals surface area contributed by atoms with E-state index in [0.717, 1.165) is 21.8 Å². The van der Waals surface area contributed by atoms with Crippen molar-refractivity contribution in [3.05, 3.63) is 68.6 Å². The van der Waals surface area contributed by atoms with Crippen LogP contribution in [-0.2, 0) is 10.0 Å². The quantitative estimate of drug-likeness (QED) is 0.666. The van der Waals surface area contributed by atoms with E-state index >= 15 is 0 Å². The van der Waals surface area contributed by atoms with E-state index < -0.39 is 10.0 Å². The number of thiophene rings is 1. The average Bonchev–Trinajstić information content (AvgIpc) is 3.20. The van der Waals surface area contributed by atoms with Crippen molar-refractivity contribution in [3.8, 4) is 0 Å². The topological polar surface area (TPSA) is 64.0 Å². The number of aromatic nitrogens is 2. The SMILES string of the molecule is Cc1cc(C)n(C(CNS(=O)(=O)c2ccc(C)c(Cl)c2)c2cccs2)n1. The Bertz CT molecular complexity index is 1010. The summed E-state index contributed by atoms with van der Waals surface area (Å²) in [6.07, 6.45) is 0. The number of hydrogen-bond acceptors (Lipinski definition) is 4. The van der Waals surface area contributed by atoms with Crippen molar-refractivity contribution >= 4 is 33.0 Å². The van der Waals surface area contributed by atoms with Gasteiger partial charge in [-0.2, -0.15) is 5.10 Å². The molecule has 0 fully saturated rings. The van der Waals surface area contributed by atoms with Gasteiger partial charge in [0, 0.05) is 22.1 Å². The van der Waals surface area contributed by atoms with Crippen molar-refractivity contribution in [1.29, 1.82) is 0 Å². The number of nitrogens with zero attached hydrogens (tertiary/aromatic N) is 2. The van der Waals surface area contributed by atoms with Gasteiger partial charge in [0.25, 0.3) is 0 Å². The van der Waals surface area contributed by atoms with Gasteiger partial charge >= 0.3 is 0 Å². The van der Waals surface area contributed by atoms with E-state index in [4.69, 9.17) is 11.6 Å². The fraction of sp³-hybridized carbons (Fsp3) is 0.278. The van der Waals surface area contributed by atoms with Crippen LogP contribution in [0.2, 0.25) is 5.02 Å². The van der Waals surface area contributed by atoms with Gasteiger partial charge in [0.05, 0.1) is 16.6 Å². The van der Waals surface area contributed by atoms with Crippen LogP contribution in [0, 0.1) is 20.8 Å². The van der Waals surface area contributed by atoms with Gasteiger partial charge in [-0.3, -0.25) is 4.68 Å². The summed E-state index contributed by atoms with van der Waals surface area (Å²) in [4.78, 5) is 1.20. The number of aryl methyl sites for hydroxylation is 3. The molecular weight excluding hydrogens is 390 g/mol. The highest BCUT2D eigenvalue weighted by atomic mass is 35.5. The van der Waals surface area contributed by atoms with Gasteiger partial charge in [-0.1, -0.05) is 23.7 Å². The molecule has 2 heterocycles. The minimum atomic E-state index is -3.67. The molecule has 0 aliphatic carbocycles. The van der Waals surface area contributed by atoms with Crippen LogP contribution in [0.5, 0.6) is 0 Å². The van der Waals surface area contributed by atoms with Crippen LogP contribution < -0.4 is 4.72 Å². The molecule has 0 spiro atoms. The molecule has 0 amide bonds. The Morgan fingerprint density at radius 2 is 2.00 bits per heavy atom. The van der Waals surface area contributed by atoms with Crippen molar-refractivity contribution in [2.75, 3.05) is 6.54 Å². The van der Waals surface area contributed by atoms with Crippen LogP contribution in [-0.4, -0.2) is 24.7 Å². The molecule has 1 unspecified atom stereocenters. The van der Waals surface area contributed by atoms with Crippen LogP contribution in [0.25, 0.3) is 0 Å². The molecular formula is C18H20ClN3O2S2. The lowest BCUT2D eigenvalue weighted by Gasteiger charge is -2.19. The standard InChI is InChI=1S/C18H20ClN3O2S2/c1-12-6-7-15(10-16(12)19)26(23,24)20-11-17(18-5-4-8-25-18)22-14(3)9-13(2)21-22/h4-10,17,20H,11H2,1-3H3. The van der Waals surface area contributed by atoms with E-state index in [-0.39, 0.29) is 17.5 Å². The third kappa shape index (κ3) is 4.01. The lowest BCUT2D eigenvalue weighted by Crippen LogP contribution is -2.32. The largest absolute Gasteiger partial charge is 0.260 e. The third-order valence-corrected chi connectivity index (χ3v) is 6.93. The first-order valence-corrected chi connectivity index (χ1v) is 10.8. The molecule has 1 atom stereocenters. The van der Waals surface area contributed by atoms with Crippen molar-refractivity contribution < 1.29 is 8.42 Å². The fourth-order valence-electron chi connectivity index (χ4n) is 2.76. The first kappa shape index (κ1) is 19.1. The monoisotopic (exact) mass is 409 g/mol. The highest BCUT2D eigenvalue weighted by molar-refractivity contribution is 7.89. The fourth-order valence-corrected chi connectivity index (χ4v) is 4.88. The van der Waals surface area contributed by atoms with Crippen molar-refractivity contribution in [1.82, 2.24) is 14.5 Å². The zero-order valence-electron chi connectivity index (χ0n) is 14.7. The number of nitrogens with one attached hydrogen (secondary N) is 1. The summed E-state index contributed by atoms with van der Waals surface area (Å²) < 4.78 is 30.0. The summed E-state index contributed by atoms with van der Waals surface area (Å²) in [5, 5.41) is 6.94. The number of benzene rings is 1. The van der Waals surface area contributed by atoms with Gasteiger partial charge in [-0.15, -0.1) is 11.3 Å². The molecule has 0 aliphatic heterocycles. The molecule has 138 valence electrons. The number of rotatable bonds is 6. The summed E-state index contributed by atoms with van der Waals surface area (Å²) in [6.45, 7) is 5.93. The molecule has 3 aromatic rings. The van der Waals surface area contributed by atoms with Crippen molar-refractivity contribution in [3.63, 3.8) is 0 Å². The van der Waals surface area contributed by atoms with E-state index in [0.29, 0.717) is 5.02 Å². The molecule has 0 bridgehead atoms. The minimum absolute atomic E-state index is 0.159. The number of hydrogen-bond donors (Lipinski definition) is 1. The first-order chi connectivity index (χ1) is 12.3. The van der Waals surface area contributed by atoms with Crippen LogP contribution in [0.3, 0.4) is 0 Å². The van der Waals surface area contributed by atoms with E-state index in [1.807, 2.05) is 49.0 Å². The van der Waals surface area contributed by atoms with Gasteiger partial charge < -0.3 is 0 Å². The average molecular weight is 410 g/mol. The van der Waals surface area contributed by atoms with Crippen LogP contribution >= 0.6 is 22.9 Å². The zero-order valence-corrected chi connectivity index (χ0v) is 17.1. The van der Waals surface area contributed by atoms with Crippen LogP contribution in [0.4, 0.5) is 0 Å². The predicted molar refractivity (Wildman–Crippen MR) is 106 cm³/mol. The lowest BCUT2D eigenvalue weighted by molar-refractivity contribution is 0.499. The zero-order chi connectivity index (χ0) is 18.9. The van der Waals surface area contributed by atoms with Crippen LogP contribution in [0.1, 0.15) is 27.9 Å². The Balaban J connectivity index is 1.88. The molecule has 3 rings (SSSR count). The van der Waals surface area contributed by atoms with E-state index in [2.05, 4.69) is 9.82 Å². The Morgan fingerprint density at radius 1 is 1.23 bits per heavy atom. The highest BCUT2D eigenvalue weighted by Gasteiger charge is 2.22. The molecule has 8 heteroatoms. The number of halogens is 1. The Labute approximate surface area is 162 Å². The summed E-state index contributed by atoms with van der Waals surface area (Å²) in [7, 11) is -3.67. The second-order valence-electron chi connectivity index (χ2n) is 6.17. The molecule has 0 saturated heterocycles. The molecule has 0 radical (unpaired) electrons. The predicted octanol–water partition coefficient (Wildman–Crippen LogP) is 4.09. The maximum Gasteiger partial charge on any atom is 0.240 e. The lowest BCUT2D eigenvalue weighted by atomic mass is 10.2. The smallest absolute Gasteiger partial charge is 0.240 e. The second-order valence-corrected chi connectivity index (χ2v) is 9.32. The van der Waals surface area contributed by atoms with E-state index in [1.165, 1.54) is 6.07 Å². The summed E-state index contributed by atoms with van der Waals surface area (Å²) in [5.74, 6) is 0. The summed E-state index contributed by atoms with van der Waals surface area (Å²) in [5.41, 5.74) is 2.72. The molecule has 1 aromatic carbocycles. The van der Waals surface area contributed by atoms with Crippen molar-refractivity contribution in [2.24, 2.45) is 0 Å². The van der Waals surface area contributed by atoms with Gasteiger partial charge in [-0.25, -0.2) is 13.1 Å². The normalized spacial score (nSPS) is 13.1. The van der Waals surface area contributed by atoms with E-state index in [9.17, 15) is 8.42 Å². The summed E-state index contributed by atoms with van der Waals surface area (Å²) in [6, 6.07) is 10.5. The van der Waals surface area contributed by atoms with Gasteiger partial charge in [0.1, 0.15) is 0 Å². The van der Waals surface area contributed by atoms with Gasteiger partial charge in [-0.05, 0) is 56.0 Å². The van der Waals surface area contributed by atoms with Crippen molar-refractivity contribution in [2.45, 2.75) is 31.7 Å². The maximum absolute atomic E-state index is 12.7. The first-order valence-electron chi connectivity index (χ1n) is 8.10. The van der Waals surface area contributed by atoms with Gasteiger partial charge in [0.2, 0.25) is 10.0 Å². The van der Waals surface area contributed by atoms with E-state index in [1.54, 1.807) is 23.5 Å².